The molecule has 1 heterocycles. The van der Waals surface area contributed by atoms with Crippen LogP contribution in [0.3, 0.4) is 0 Å². The number of thioether (sulfide) groups is 1. The molecule has 6 nitrogen and oxygen atoms in total. The molecule has 0 spiro atoms. The molecule has 2 rings (SSSR count). The minimum Gasteiger partial charge on any atom is -0.383 e. The smallest absolute Gasteiger partial charge is 0.245 e. The number of nitrogens with one attached hydrogen (secondary N) is 1. The quantitative estimate of drug-likeness (QED) is 0.517. The molecule has 132 valence electrons. The van der Waals surface area contributed by atoms with E-state index in [1.165, 1.54) is 30.2 Å². The highest BCUT2D eigenvalue weighted by atomic mass is 35.5. The number of amides is 1. The largest absolute Gasteiger partial charge is 0.383 e. The molecule has 1 amide bonds. The monoisotopic (exact) mass is 428 g/mol. The molecule has 3 N–H and O–H groups in total. The summed E-state index contributed by atoms with van der Waals surface area (Å²) in [6.07, 6.45) is 0. The summed E-state index contributed by atoms with van der Waals surface area (Å²) in [7, 11) is 1.48. The van der Waals surface area contributed by atoms with E-state index in [1.54, 1.807) is 18.2 Å². The van der Waals surface area contributed by atoms with E-state index < -0.39 is 6.04 Å². The number of hydrogen-bond donors (Lipinski definition) is 2. The first kappa shape index (κ1) is 21.4. The summed E-state index contributed by atoms with van der Waals surface area (Å²) in [6.45, 7) is 0.136. The summed E-state index contributed by atoms with van der Waals surface area (Å²) >= 11 is 14.9. The lowest BCUT2D eigenvalue weighted by molar-refractivity contribution is -0.118. The number of rotatable bonds is 7. The Morgan fingerprint density at radius 2 is 2.08 bits per heavy atom. The number of methoxy groups -OCH3 is 1. The van der Waals surface area contributed by atoms with Gasteiger partial charge in [-0.05, 0) is 17.7 Å². The SMILES string of the molecule is COCC(N)C(=O)Nc1nnc(SCc2c(Cl)cccc2Cl)s1.Cl. The summed E-state index contributed by atoms with van der Waals surface area (Å²) in [5, 5.41) is 12.1. The van der Waals surface area contributed by atoms with Crippen LogP contribution in [0.1, 0.15) is 5.56 Å². The van der Waals surface area contributed by atoms with Gasteiger partial charge in [0.25, 0.3) is 0 Å². The Kier molecular flexibility index (Phi) is 9.28. The average molecular weight is 430 g/mol. The van der Waals surface area contributed by atoms with E-state index in [1.807, 2.05) is 0 Å². The molecule has 0 saturated carbocycles. The lowest BCUT2D eigenvalue weighted by atomic mass is 10.2. The van der Waals surface area contributed by atoms with Crippen molar-refractivity contribution >= 4 is 69.7 Å². The topological polar surface area (TPSA) is 90.1 Å². The molecule has 11 heteroatoms. The number of nitrogens with zero attached hydrogens (tertiary/aromatic N) is 2. The van der Waals surface area contributed by atoms with Gasteiger partial charge in [0.2, 0.25) is 11.0 Å². The van der Waals surface area contributed by atoms with Crippen molar-refractivity contribution in [2.45, 2.75) is 16.1 Å². The number of anilines is 1. The van der Waals surface area contributed by atoms with E-state index in [0.29, 0.717) is 25.3 Å². The van der Waals surface area contributed by atoms with Crippen molar-refractivity contribution in [1.29, 1.82) is 0 Å². The normalized spacial score (nSPS) is 11.7. The van der Waals surface area contributed by atoms with E-state index in [9.17, 15) is 4.79 Å². The van der Waals surface area contributed by atoms with Crippen molar-refractivity contribution in [3.05, 3.63) is 33.8 Å². The summed E-state index contributed by atoms with van der Waals surface area (Å²) in [4.78, 5) is 11.8. The molecule has 1 unspecified atom stereocenters. The minimum absolute atomic E-state index is 0. The molecule has 2 aromatic rings. The molecule has 0 fully saturated rings. The van der Waals surface area contributed by atoms with E-state index in [4.69, 9.17) is 33.7 Å². The van der Waals surface area contributed by atoms with Gasteiger partial charge < -0.3 is 10.5 Å². The average Bonchev–Trinajstić information content (AvgIpc) is 2.94. The molecule has 0 bridgehead atoms. The zero-order chi connectivity index (χ0) is 16.8. The van der Waals surface area contributed by atoms with Crippen LogP contribution in [-0.4, -0.2) is 35.9 Å². The Bertz CT molecular complexity index is 667. The maximum Gasteiger partial charge on any atom is 0.245 e. The predicted octanol–water partition coefficient (Wildman–Crippen LogP) is 3.47. The Morgan fingerprint density at radius 3 is 2.71 bits per heavy atom. The molecular formula is C13H15Cl3N4O2S2. The maximum atomic E-state index is 11.8. The van der Waals surface area contributed by atoms with Crippen molar-refractivity contribution < 1.29 is 9.53 Å². The van der Waals surface area contributed by atoms with Crippen LogP contribution >= 0.6 is 58.7 Å². The Labute approximate surface area is 163 Å². The fourth-order valence-corrected chi connectivity index (χ4v) is 4.07. The third kappa shape index (κ3) is 6.03. The van der Waals surface area contributed by atoms with Gasteiger partial charge in [0.15, 0.2) is 4.34 Å². The first-order valence-electron chi connectivity index (χ1n) is 6.46. The third-order valence-electron chi connectivity index (χ3n) is 2.72. The van der Waals surface area contributed by atoms with Gasteiger partial charge in [-0.3, -0.25) is 10.1 Å². The summed E-state index contributed by atoms with van der Waals surface area (Å²) < 4.78 is 5.52. The minimum atomic E-state index is -0.748. The van der Waals surface area contributed by atoms with Crippen molar-refractivity contribution in [1.82, 2.24) is 10.2 Å². The van der Waals surface area contributed by atoms with Crippen LogP contribution in [0, 0.1) is 0 Å². The highest BCUT2D eigenvalue weighted by Crippen LogP contribution is 2.33. The lowest BCUT2D eigenvalue weighted by Gasteiger charge is -2.08. The van der Waals surface area contributed by atoms with Gasteiger partial charge >= 0.3 is 0 Å². The molecule has 0 saturated heterocycles. The number of ether oxygens (including phenoxy) is 1. The third-order valence-corrected chi connectivity index (χ3v) is 5.43. The molecule has 24 heavy (non-hydrogen) atoms. The van der Waals surface area contributed by atoms with Gasteiger partial charge in [0.1, 0.15) is 6.04 Å². The number of benzene rings is 1. The first-order valence-corrected chi connectivity index (χ1v) is 9.01. The second-order valence-corrected chi connectivity index (χ2v) is 7.43. The standard InChI is InChI=1S/C13H14Cl2N4O2S2.ClH/c1-21-5-10(16)11(20)17-12-18-19-13(23-12)22-6-7-8(14)3-2-4-9(7)15;/h2-4,10H,5-6,16H2,1H3,(H,17,18,20);1H. The maximum absolute atomic E-state index is 11.8. The van der Waals surface area contributed by atoms with Crippen LogP contribution in [0.25, 0.3) is 0 Å². The van der Waals surface area contributed by atoms with E-state index in [-0.39, 0.29) is 24.9 Å². The number of nitrogens with two attached hydrogens (primary N) is 1. The molecule has 0 radical (unpaired) electrons. The van der Waals surface area contributed by atoms with E-state index in [0.717, 1.165) is 5.56 Å². The van der Waals surface area contributed by atoms with Gasteiger partial charge in [0.05, 0.1) is 6.61 Å². The van der Waals surface area contributed by atoms with Gasteiger partial charge in [0, 0.05) is 22.9 Å². The molecule has 0 aliphatic carbocycles. The van der Waals surface area contributed by atoms with Crippen molar-refractivity contribution in [2.24, 2.45) is 5.73 Å². The van der Waals surface area contributed by atoms with Gasteiger partial charge in [-0.1, -0.05) is 52.4 Å². The summed E-state index contributed by atoms with van der Waals surface area (Å²) in [6, 6.07) is 4.61. The molecule has 1 atom stereocenters. The number of aromatic nitrogens is 2. The van der Waals surface area contributed by atoms with Gasteiger partial charge in [-0.2, -0.15) is 0 Å². The highest BCUT2D eigenvalue weighted by Gasteiger charge is 2.16. The number of carbonyl (C=O) groups excluding carboxylic acids is 1. The molecule has 1 aromatic carbocycles. The first-order chi connectivity index (χ1) is 11.0. The van der Waals surface area contributed by atoms with Crippen molar-refractivity contribution in [2.75, 3.05) is 19.0 Å². The number of carbonyl (C=O) groups is 1. The second kappa shape index (κ2) is 10.4. The Hall–Kier alpha value is -0.610. The van der Waals surface area contributed by atoms with Gasteiger partial charge in [-0.15, -0.1) is 22.6 Å². The van der Waals surface area contributed by atoms with Crippen LogP contribution < -0.4 is 11.1 Å². The molecule has 0 aliphatic heterocycles. The van der Waals surface area contributed by atoms with E-state index >= 15 is 0 Å². The second-order valence-electron chi connectivity index (χ2n) is 4.41. The van der Waals surface area contributed by atoms with Crippen molar-refractivity contribution in [3.63, 3.8) is 0 Å². The Balaban J connectivity index is 0.00000288. The van der Waals surface area contributed by atoms with Crippen LogP contribution in [0.4, 0.5) is 5.13 Å². The van der Waals surface area contributed by atoms with Gasteiger partial charge in [-0.25, -0.2) is 0 Å². The molecular weight excluding hydrogens is 415 g/mol. The molecule has 0 aliphatic rings. The number of hydrogen-bond acceptors (Lipinski definition) is 7. The zero-order valence-corrected chi connectivity index (χ0v) is 16.5. The Morgan fingerprint density at radius 1 is 1.42 bits per heavy atom. The fourth-order valence-electron chi connectivity index (χ4n) is 1.58. The van der Waals surface area contributed by atoms with Crippen molar-refractivity contribution in [3.8, 4) is 0 Å². The van der Waals surface area contributed by atoms with Crippen LogP contribution in [0.15, 0.2) is 22.5 Å². The summed E-state index contributed by atoms with van der Waals surface area (Å²) in [5.74, 6) is 0.193. The fraction of sp³-hybridized carbons (Fsp3) is 0.308. The zero-order valence-electron chi connectivity index (χ0n) is 12.5. The van der Waals surface area contributed by atoms with E-state index in [2.05, 4.69) is 15.5 Å². The molecule has 1 aromatic heterocycles. The van der Waals surface area contributed by atoms with Crippen LogP contribution in [0.5, 0.6) is 0 Å². The summed E-state index contributed by atoms with van der Waals surface area (Å²) in [5.41, 5.74) is 6.47. The number of halogens is 3. The van der Waals surface area contributed by atoms with Crippen LogP contribution in [-0.2, 0) is 15.3 Å². The van der Waals surface area contributed by atoms with Crippen LogP contribution in [0.2, 0.25) is 10.0 Å². The lowest BCUT2D eigenvalue weighted by Crippen LogP contribution is -2.39. The highest BCUT2D eigenvalue weighted by molar-refractivity contribution is 8.00. The predicted molar refractivity (Wildman–Crippen MR) is 102 cm³/mol.